The maximum atomic E-state index is 13.9. The smallest absolute Gasteiger partial charge is 0.289 e. The minimum Gasteiger partial charge on any atom is -0.497 e. The number of furan rings is 1. The molecule has 2 atom stereocenters. The van der Waals surface area contributed by atoms with Gasteiger partial charge in [-0.2, -0.15) is 0 Å². The van der Waals surface area contributed by atoms with Gasteiger partial charge in [-0.25, -0.2) is 0 Å². The fourth-order valence-electron chi connectivity index (χ4n) is 4.73. The van der Waals surface area contributed by atoms with Crippen molar-refractivity contribution in [1.82, 2.24) is 14.8 Å². The molecule has 1 spiro atoms. The van der Waals surface area contributed by atoms with Crippen LogP contribution in [0.3, 0.4) is 0 Å². The van der Waals surface area contributed by atoms with Crippen LogP contribution < -0.4 is 4.74 Å². The van der Waals surface area contributed by atoms with E-state index in [9.17, 15) is 9.59 Å². The number of morpholine rings is 1. The lowest BCUT2D eigenvalue weighted by Gasteiger charge is -2.42. The van der Waals surface area contributed by atoms with Crippen LogP contribution in [-0.2, 0) is 16.1 Å². The summed E-state index contributed by atoms with van der Waals surface area (Å²) in [5.41, 5.74) is 0.697. The number of likely N-dealkylation sites (tertiary alicyclic amines) is 1. The summed E-state index contributed by atoms with van der Waals surface area (Å²) >= 11 is 0. The van der Waals surface area contributed by atoms with Crippen molar-refractivity contribution in [2.45, 2.75) is 18.1 Å². The summed E-state index contributed by atoms with van der Waals surface area (Å²) in [6.07, 6.45) is 4.90. The van der Waals surface area contributed by atoms with Crippen molar-refractivity contribution in [2.75, 3.05) is 33.4 Å². The Hall–Kier alpha value is -3.65. The Morgan fingerprint density at radius 1 is 1.21 bits per heavy atom. The Bertz CT molecular complexity index is 1120. The molecule has 8 heteroatoms. The molecule has 170 valence electrons. The van der Waals surface area contributed by atoms with Gasteiger partial charge in [-0.05, 0) is 41.5 Å². The molecule has 0 bridgehead atoms. The number of methoxy groups -OCH3 is 1. The first-order chi connectivity index (χ1) is 16.1. The lowest BCUT2D eigenvalue weighted by atomic mass is 9.83. The lowest BCUT2D eigenvalue weighted by molar-refractivity contribution is -0.172. The van der Waals surface area contributed by atoms with E-state index < -0.39 is 5.60 Å². The number of ether oxygens (including phenoxy) is 2. The predicted octanol–water partition coefficient (Wildman–Crippen LogP) is 2.72. The summed E-state index contributed by atoms with van der Waals surface area (Å²) < 4.78 is 16.8. The van der Waals surface area contributed by atoms with E-state index >= 15 is 0 Å². The molecule has 1 aromatic carbocycles. The van der Waals surface area contributed by atoms with Crippen LogP contribution in [0.5, 0.6) is 5.75 Å². The second-order valence-electron chi connectivity index (χ2n) is 8.31. The highest BCUT2D eigenvalue weighted by molar-refractivity contribution is 5.94. The predicted molar refractivity (Wildman–Crippen MR) is 119 cm³/mol. The number of carbonyl (C=O) groups is 2. The van der Waals surface area contributed by atoms with Gasteiger partial charge in [0, 0.05) is 37.9 Å². The highest BCUT2D eigenvalue weighted by Gasteiger charge is 2.58. The normalized spacial score (nSPS) is 22.7. The van der Waals surface area contributed by atoms with Gasteiger partial charge in [-0.3, -0.25) is 14.6 Å². The van der Waals surface area contributed by atoms with Crippen LogP contribution >= 0.6 is 0 Å². The van der Waals surface area contributed by atoms with E-state index in [-0.39, 0.29) is 30.0 Å². The molecule has 2 unspecified atom stereocenters. The van der Waals surface area contributed by atoms with Gasteiger partial charge in [0.15, 0.2) is 11.4 Å². The van der Waals surface area contributed by atoms with Gasteiger partial charge in [-0.15, -0.1) is 0 Å². The third-order valence-corrected chi connectivity index (χ3v) is 6.40. The number of hydrogen-bond acceptors (Lipinski definition) is 6. The molecule has 3 aromatic rings. The monoisotopic (exact) mass is 447 g/mol. The Morgan fingerprint density at radius 2 is 2.06 bits per heavy atom. The molecule has 33 heavy (non-hydrogen) atoms. The lowest BCUT2D eigenvalue weighted by Crippen LogP contribution is -2.60. The Labute approximate surface area is 191 Å². The molecular weight excluding hydrogens is 422 g/mol. The molecule has 0 saturated carbocycles. The second-order valence-corrected chi connectivity index (χ2v) is 8.31. The van der Waals surface area contributed by atoms with Crippen molar-refractivity contribution in [3.63, 3.8) is 0 Å². The largest absolute Gasteiger partial charge is 0.497 e. The van der Waals surface area contributed by atoms with Gasteiger partial charge in [0.1, 0.15) is 5.75 Å². The van der Waals surface area contributed by atoms with Gasteiger partial charge in [0.25, 0.3) is 11.8 Å². The molecule has 2 aromatic heterocycles. The molecule has 2 aliphatic heterocycles. The zero-order chi connectivity index (χ0) is 22.8. The van der Waals surface area contributed by atoms with Crippen LogP contribution in [0.4, 0.5) is 0 Å². The molecule has 0 N–H and O–H groups in total. The van der Waals surface area contributed by atoms with Gasteiger partial charge in [-0.1, -0.05) is 18.2 Å². The third-order valence-electron chi connectivity index (χ3n) is 6.40. The third kappa shape index (κ3) is 3.87. The number of benzene rings is 1. The van der Waals surface area contributed by atoms with Crippen LogP contribution in [0.2, 0.25) is 0 Å². The second kappa shape index (κ2) is 8.71. The Balaban J connectivity index is 1.45. The van der Waals surface area contributed by atoms with Crippen LogP contribution in [0.1, 0.15) is 27.6 Å². The summed E-state index contributed by atoms with van der Waals surface area (Å²) in [6.45, 7) is 1.83. The van der Waals surface area contributed by atoms with Gasteiger partial charge >= 0.3 is 0 Å². The van der Waals surface area contributed by atoms with E-state index in [0.717, 1.165) is 16.9 Å². The molecule has 2 aliphatic rings. The number of amides is 2. The number of aromatic nitrogens is 1. The van der Waals surface area contributed by atoms with Crippen molar-refractivity contribution in [3.8, 4) is 5.75 Å². The molecule has 2 amide bonds. The molecule has 0 aliphatic carbocycles. The first kappa shape index (κ1) is 21.2. The molecule has 5 rings (SSSR count). The highest BCUT2D eigenvalue weighted by atomic mass is 16.5. The SMILES string of the molecule is COc1ccc(CN2CCOC3(CN(C(=O)c4ccco4)CC3c3cccnc3)C2=O)cc1. The van der Waals surface area contributed by atoms with E-state index in [4.69, 9.17) is 13.9 Å². The fraction of sp³-hybridized carbons (Fsp3) is 0.320. The summed E-state index contributed by atoms with van der Waals surface area (Å²) in [7, 11) is 1.62. The van der Waals surface area contributed by atoms with Crippen molar-refractivity contribution in [2.24, 2.45) is 0 Å². The topological polar surface area (TPSA) is 85.1 Å². The highest BCUT2D eigenvalue weighted by Crippen LogP contribution is 2.42. The fourth-order valence-corrected chi connectivity index (χ4v) is 4.73. The number of nitrogens with zero attached hydrogens (tertiary/aromatic N) is 3. The molecule has 2 saturated heterocycles. The van der Waals surface area contributed by atoms with Crippen LogP contribution in [0.25, 0.3) is 0 Å². The number of hydrogen-bond donors (Lipinski definition) is 0. The zero-order valence-electron chi connectivity index (χ0n) is 18.3. The van der Waals surface area contributed by atoms with E-state index in [0.29, 0.717) is 26.2 Å². The standard InChI is InChI=1S/C25H25N3O5/c1-31-20-8-6-18(7-9-20)15-27-11-13-33-25(24(27)30)17-28(23(29)22-5-3-12-32-22)16-21(25)19-4-2-10-26-14-19/h2-10,12,14,21H,11,13,15-17H2,1H3. The van der Waals surface area contributed by atoms with Crippen molar-refractivity contribution in [3.05, 3.63) is 84.1 Å². The first-order valence-corrected chi connectivity index (χ1v) is 10.9. The van der Waals surface area contributed by atoms with E-state index in [1.54, 1.807) is 36.5 Å². The minimum atomic E-state index is -1.17. The van der Waals surface area contributed by atoms with E-state index in [1.165, 1.54) is 6.26 Å². The van der Waals surface area contributed by atoms with Crippen molar-refractivity contribution >= 4 is 11.8 Å². The molecule has 8 nitrogen and oxygen atoms in total. The Kier molecular flexibility index (Phi) is 5.60. The van der Waals surface area contributed by atoms with Crippen LogP contribution in [0.15, 0.2) is 71.6 Å². The number of rotatable bonds is 5. The van der Waals surface area contributed by atoms with Crippen molar-refractivity contribution < 1.29 is 23.5 Å². The average molecular weight is 447 g/mol. The summed E-state index contributed by atoms with van der Waals surface area (Å²) in [5, 5.41) is 0. The zero-order valence-corrected chi connectivity index (χ0v) is 18.3. The first-order valence-electron chi connectivity index (χ1n) is 10.9. The van der Waals surface area contributed by atoms with E-state index in [1.807, 2.05) is 41.3 Å². The van der Waals surface area contributed by atoms with Crippen LogP contribution in [-0.4, -0.2) is 65.6 Å². The van der Waals surface area contributed by atoms with Gasteiger partial charge in [0.2, 0.25) is 0 Å². The minimum absolute atomic E-state index is 0.117. The molecule has 4 heterocycles. The van der Waals surface area contributed by atoms with Crippen LogP contribution in [0, 0.1) is 0 Å². The average Bonchev–Trinajstić information content (AvgIpc) is 3.52. The summed E-state index contributed by atoms with van der Waals surface area (Å²) in [5.74, 6) is 0.303. The quantitative estimate of drug-likeness (QED) is 0.598. The Morgan fingerprint density at radius 3 is 2.76 bits per heavy atom. The van der Waals surface area contributed by atoms with Gasteiger partial charge in [0.05, 0.1) is 26.5 Å². The van der Waals surface area contributed by atoms with Gasteiger partial charge < -0.3 is 23.7 Å². The molecular formula is C25H25N3O5. The summed E-state index contributed by atoms with van der Waals surface area (Å²) in [6, 6.07) is 14.7. The molecule has 0 radical (unpaired) electrons. The number of carbonyl (C=O) groups excluding carboxylic acids is 2. The number of pyridine rings is 1. The van der Waals surface area contributed by atoms with E-state index in [2.05, 4.69) is 4.98 Å². The maximum Gasteiger partial charge on any atom is 0.289 e. The maximum absolute atomic E-state index is 13.9. The summed E-state index contributed by atoms with van der Waals surface area (Å²) in [4.78, 5) is 34.7. The van der Waals surface area contributed by atoms with Crippen molar-refractivity contribution in [1.29, 1.82) is 0 Å². The molecule has 2 fully saturated rings.